The third-order valence-electron chi connectivity index (χ3n) is 1.55. The number of hydrogen-bond donors (Lipinski definition) is 1. The Kier molecular flexibility index (Phi) is 3.39. The fraction of sp³-hybridized carbons (Fsp3) is 0.100. The van der Waals surface area contributed by atoms with Gasteiger partial charge in [-0.1, -0.05) is 12.1 Å². The maximum atomic E-state index is 10.7. The Hall–Kier alpha value is -2.15. The van der Waals surface area contributed by atoms with Gasteiger partial charge >= 0.3 is 5.97 Å². The summed E-state index contributed by atoms with van der Waals surface area (Å²) >= 11 is 0. The van der Waals surface area contributed by atoms with Crippen molar-refractivity contribution in [2.24, 2.45) is 4.99 Å². The number of benzene rings is 1. The fourth-order valence-electron chi connectivity index (χ4n) is 0.952. The van der Waals surface area contributed by atoms with Crippen LogP contribution in [0.3, 0.4) is 0 Å². The van der Waals surface area contributed by atoms with Crippen molar-refractivity contribution in [3.63, 3.8) is 0 Å². The normalized spacial score (nSPS) is 9.93. The second kappa shape index (κ2) is 4.77. The monoisotopic (exact) mass is 188 g/mol. The molecule has 4 nitrogen and oxygen atoms in total. The zero-order chi connectivity index (χ0) is 10.4. The lowest BCUT2D eigenvalue weighted by atomic mass is 10.2. The molecule has 70 valence electrons. The summed E-state index contributed by atoms with van der Waals surface area (Å²) in [5, 5.41) is 17.0. The lowest BCUT2D eigenvalue weighted by Gasteiger charge is -1.98. The molecule has 0 spiro atoms. The van der Waals surface area contributed by atoms with Gasteiger partial charge in [0, 0.05) is 6.21 Å². The predicted octanol–water partition coefficient (Wildman–Crippen LogP) is 2.00. The molecule has 0 saturated carbocycles. The SMILES string of the molecule is N#CCC=Nc1ccccc1C(=O)O. The lowest BCUT2D eigenvalue weighted by Crippen LogP contribution is -1.95. The summed E-state index contributed by atoms with van der Waals surface area (Å²) in [4.78, 5) is 14.6. The first-order valence-electron chi connectivity index (χ1n) is 3.97. The van der Waals surface area contributed by atoms with E-state index in [0.717, 1.165) is 0 Å². The van der Waals surface area contributed by atoms with E-state index >= 15 is 0 Å². The Balaban J connectivity index is 2.97. The van der Waals surface area contributed by atoms with Crippen LogP contribution < -0.4 is 0 Å². The average molecular weight is 188 g/mol. The summed E-state index contributed by atoms with van der Waals surface area (Å²) < 4.78 is 0. The van der Waals surface area contributed by atoms with Crippen molar-refractivity contribution in [2.75, 3.05) is 0 Å². The van der Waals surface area contributed by atoms with Gasteiger partial charge in [-0.05, 0) is 12.1 Å². The Morgan fingerprint density at radius 2 is 2.29 bits per heavy atom. The van der Waals surface area contributed by atoms with Gasteiger partial charge in [0.1, 0.15) is 0 Å². The van der Waals surface area contributed by atoms with Gasteiger partial charge in [-0.2, -0.15) is 5.26 Å². The Bertz CT molecular complexity index is 405. The van der Waals surface area contributed by atoms with Crippen molar-refractivity contribution < 1.29 is 9.90 Å². The minimum Gasteiger partial charge on any atom is -0.478 e. The molecule has 0 fully saturated rings. The van der Waals surface area contributed by atoms with Gasteiger partial charge in [-0.25, -0.2) is 4.79 Å². The molecule has 0 aliphatic rings. The average Bonchev–Trinajstić information content (AvgIpc) is 2.19. The van der Waals surface area contributed by atoms with E-state index in [4.69, 9.17) is 10.4 Å². The Morgan fingerprint density at radius 1 is 1.57 bits per heavy atom. The molecule has 0 heterocycles. The van der Waals surface area contributed by atoms with Crippen molar-refractivity contribution in [3.8, 4) is 6.07 Å². The van der Waals surface area contributed by atoms with E-state index in [2.05, 4.69) is 4.99 Å². The number of rotatable bonds is 3. The highest BCUT2D eigenvalue weighted by Gasteiger charge is 2.06. The summed E-state index contributed by atoms with van der Waals surface area (Å²) in [5.41, 5.74) is 0.511. The molecular formula is C10H8N2O2. The van der Waals surface area contributed by atoms with E-state index in [9.17, 15) is 4.79 Å². The van der Waals surface area contributed by atoms with Crippen LogP contribution in [0.5, 0.6) is 0 Å². The first kappa shape index (κ1) is 9.93. The molecule has 14 heavy (non-hydrogen) atoms. The van der Waals surface area contributed by atoms with Crippen LogP contribution >= 0.6 is 0 Å². The second-order valence-electron chi connectivity index (χ2n) is 2.50. The minimum absolute atomic E-state index is 0.140. The van der Waals surface area contributed by atoms with E-state index in [1.807, 2.05) is 6.07 Å². The van der Waals surface area contributed by atoms with Gasteiger partial charge < -0.3 is 5.11 Å². The van der Waals surface area contributed by atoms with Gasteiger partial charge in [0.25, 0.3) is 0 Å². The van der Waals surface area contributed by atoms with E-state index in [0.29, 0.717) is 5.69 Å². The second-order valence-corrected chi connectivity index (χ2v) is 2.50. The topological polar surface area (TPSA) is 73.5 Å². The van der Waals surface area contributed by atoms with Gasteiger partial charge in [-0.3, -0.25) is 4.99 Å². The molecule has 0 atom stereocenters. The zero-order valence-electron chi connectivity index (χ0n) is 7.34. The molecule has 0 aromatic heterocycles. The first-order valence-corrected chi connectivity index (χ1v) is 3.97. The molecule has 0 radical (unpaired) electrons. The summed E-state index contributed by atoms with van der Waals surface area (Å²) in [5.74, 6) is -1.02. The van der Waals surface area contributed by atoms with Crippen LogP contribution in [0.1, 0.15) is 16.8 Å². The van der Waals surface area contributed by atoms with Crippen LogP contribution in [-0.4, -0.2) is 17.3 Å². The molecule has 0 bridgehead atoms. The standard InChI is InChI=1S/C10H8N2O2/c11-6-3-7-12-9-5-2-1-4-8(9)10(13)14/h1-2,4-5,7H,3H2,(H,13,14). The summed E-state index contributed by atoms with van der Waals surface area (Å²) in [7, 11) is 0. The van der Waals surface area contributed by atoms with Gasteiger partial charge in [0.2, 0.25) is 0 Å². The highest BCUT2D eigenvalue weighted by atomic mass is 16.4. The van der Waals surface area contributed by atoms with Crippen LogP contribution in [0.4, 0.5) is 5.69 Å². The summed E-state index contributed by atoms with van der Waals surface area (Å²) in [6, 6.07) is 8.29. The molecule has 1 aromatic rings. The number of para-hydroxylation sites is 1. The van der Waals surface area contributed by atoms with Gasteiger partial charge in [0.05, 0.1) is 23.7 Å². The Morgan fingerprint density at radius 3 is 2.93 bits per heavy atom. The molecule has 0 saturated heterocycles. The van der Waals surface area contributed by atoms with Crippen molar-refractivity contribution >= 4 is 17.9 Å². The van der Waals surface area contributed by atoms with E-state index < -0.39 is 5.97 Å². The number of nitrogens with zero attached hydrogens (tertiary/aromatic N) is 2. The third-order valence-corrected chi connectivity index (χ3v) is 1.55. The van der Waals surface area contributed by atoms with Crippen LogP contribution in [0, 0.1) is 11.3 Å². The van der Waals surface area contributed by atoms with Crippen LogP contribution in [-0.2, 0) is 0 Å². The smallest absolute Gasteiger partial charge is 0.337 e. The fourth-order valence-corrected chi connectivity index (χ4v) is 0.952. The molecule has 0 aliphatic heterocycles. The van der Waals surface area contributed by atoms with E-state index in [1.165, 1.54) is 12.3 Å². The molecule has 0 unspecified atom stereocenters. The molecule has 0 amide bonds. The van der Waals surface area contributed by atoms with Gasteiger partial charge in [0.15, 0.2) is 0 Å². The Labute approximate surface area is 81.1 Å². The molecule has 0 aliphatic carbocycles. The lowest BCUT2D eigenvalue weighted by molar-refractivity contribution is 0.0698. The molecule has 1 aromatic carbocycles. The first-order chi connectivity index (χ1) is 6.75. The largest absolute Gasteiger partial charge is 0.478 e. The maximum Gasteiger partial charge on any atom is 0.337 e. The van der Waals surface area contributed by atoms with Gasteiger partial charge in [-0.15, -0.1) is 0 Å². The quantitative estimate of drug-likeness (QED) is 0.737. The molecular weight excluding hydrogens is 180 g/mol. The molecule has 4 heteroatoms. The van der Waals surface area contributed by atoms with Crippen LogP contribution in [0.2, 0.25) is 0 Å². The highest BCUT2D eigenvalue weighted by molar-refractivity contribution is 5.94. The van der Waals surface area contributed by atoms with Crippen LogP contribution in [0.25, 0.3) is 0 Å². The number of carboxylic acid groups (broad SMARTS) is 1. The van der Waals surface area contributed by atoms with Crippen molar-refractivity contribution in [1.29, 1.82) is 5.26 Å². The van der Waals surface area contributed by atoms with E-state index in [-0.39, 0.29) is 12.0 Å². The number of aromatic carboxylic acids is 1. The van der Waals surface area contributed by atoms with Crippen molar-refractivity contribution in [3.05, 3.63) is 29.8 Å². The summed E-state index contributed by atoms with van der Waals surface area (Å²) in [6.45, 7) is 0. The number of aliphatic imine (C=N–C) groups is 1. The predicted molar refractivity (Wildman–Crippen MR) is 51.8 cm³/mol. The minimum atomic E-state index is -1.02. The van der Waals surface area contributed by atoms with Crippen molar-refractivity contribution in [1.82, 2.24) is 0 Å². The number of nitriles is 1. The summed E-state index contributed by atoms with van der Waals surface area (Å²) in [6.07, 6.45) is 1.57. The number of hydrogen-bond acceptors (Lipinski definition) is 3. The molecule has 1 N–H and O–H groups in total. The third kappa shape index (κ3) is 2.42. The van der Waals surface area contributed by atoms with Crippen LogP contribution in [0.15, 0.2) is 29.3 Å². The van der Waals surface area contributed by atoms with E-state index in [1.54, 1.807) is 18.2 Å². The van der Waals surface area contributed by atoms with Crippen molar-refractivity contribution in [2.45, 2.75) is 6.42 Å². The molecule has 1 rings (SSSR count). The maximum absolute atomic E-state index is 10.7. The zero-order valence-corrected chi connectivity index (χ0v) is 7.34. The highest BCUT2D eigenvalue weighted by Crippen LogP contribution is 2.17. The number of carboxylic acids is 1. The number of carbonyl (C=O) groups is 1.